The van der Waals surface area contributed by atoms with Crippen LogP contribution >= 0.6 is 0 Å². The van der Waals surface area contributed by atoms with Crippen LogP contribution in [0.2, 0.25) is 0 Å². The summed E-state index contributed by atoms with van der Waals surface area (Å²) in [5, 5.41) is 0. The van der Waals surface area contributed by atoms with Crippen molar-refractivity contribution < 1.29 is 18.8 Å². The Morgan fingerprint density at radius 1 is 0.947 bits per heavy atom. The van der Waals surface area contributed by atoms with Crippen molar-refractivity contribution >= 4 is 12.6 Å². The minimum atomic E-state index is -0.448. The molecular formula is C13H20BNO4. The molecule has 104 valence electrons. The molecule has 6 heteroatoms. The lowest BCUT2D eigenvalue weighted by Gasteiger charge is -2.32. The molecule has 0 unspecified atom stereocenters. The van der Waals surface area contributed by atoms with Crippen LogP contribution in [0.15, 0.2) is 12.1 Å². The van der Waals surface area contributed by atoms with E-state index in [9.17, 15) is 0 Å². The van der Waals surface area contributed by atoms with Crippen LogP contribution in [0, 0.1) is 0 Å². The zero-order valence-corrected chi connectivity index (χ0v) is 12.3. The van der Waals surface area contributed by atoms with Gasteiger partial charge in [-0.25, -0.2) is 0 Å². The summed E-state index contributed by atoms with van der Waals surface area (Å²) in [5.74, 6) is 0.952. The number of hydrogen-bond donors (Lipinski definition) is 0. The zero-order chi connectivity index (χ0) is 14.3. The Kier molecular flexibility index (Phi) is 3.49. The van der Waals surface area contributed by atoms with E-state index in [1.165, 1.54) is 0 Å². The highest BCUT2D eigenvalue weighted by molar-refractivity contribution is 6.62. The third-order valence-electron chi connectivity index (χ3n) is 3.74. The van der Waals surface area contributed by atoms with Crippen molar-refractivity contribution in [3.63, 3.8) is 0 Å². The smallest absolute Gasteiger partial charge is 0.481 e. The third-order valence-corrected chi connectivity index (χ3v) is 3.74. The van der Waals surface area contributed by atoms with E-state index >= 15 is 0 Å². The van der Waals surface area contributed by atoms with Crippen molar-refractivity contribution in [3.05, 3.63) is 12.1 Å². The molecule has 2 heterocycles. The van der Waals surface area contributed by atoms with Crippen LogP contribution in [0.25, 0.3) is 0 Å². The Hall–Kier alpha value is -1.27. The Morgan fingerprint density at radius 3 is 1.74 bits per heavy atom. The Morgan fingerprint density at radius 2 is 1.37 bits per heavy atom. The van der Waals surface area contributed by atoms with Crippen LogP contribution in [0.1, 0.15) is 27.7 Å². The van der Waals surface area contributed by atoms with Crippen molar-refractivity contribution in [2.45, 2.75) is 38.9 Å². The minimum Gasteiger partial charge on any atom is -0.481 e. The predicted octanol–water partition coefficient (Wildman–Crippen LogP) is 1.40. The van der Waals surface area contributed by atoms with Gasteiger partial charge in [0.2, 0.25) is 11.8 Å². The van der Waals surface area contributed by atoms with Crippen molar-refractivity contribution in [3.8, 4) is 11.8 Å². The molecule has 1 saturated heterocycles. The second kappa shape index (κ2) is 4.69. The molecule has 5 nitrogen and oxygen atoms in total. The first-order valence-corrected chi connectivity index (χ1v) is 6.24. The van der Waals surface area contributed by atoms with E-state index in [0.717, 1.165) is 5.46 Å². The van der Waals surface area contributed by atoms with Crippen molar-refractivity contribution in [2.75, 3.05) is 14.2 Å². The lowest BCUT2D eigenvalue weighted by Crippen LogP contribution is -2.41. The Labute approximate surface area is 114 Å². The number of methoxy groups -OCH3 is 2. The molecule has 0 N–H and O–H groups in total. The monoisotopic (exact) mass is 265 g/mol. The number of aromatic nitrogens is 1. The number of hydrogen-bond acceptors (Lipinski definition) is 5. The van der Waals surface area contributed by atoms with Crippen LogP contribution in [0.3, 0.4) is 0 Å². The molecule has 1 aromatic rings. The average Bonchev–Trinajstić information content (AvgIpc) is 2.58. The topological polar surface area (TPSA) is 49.8 Å². The first-order chi connectivity index (χ1) is 8.79. The van der Waals surface area contributed by atoms with Gasteiger partial charge in [0, 0.05) is 12.1 Å². The summed E-state index contributed by atoms with van der Waals surface area (Å²) in [6, 6.07) is 3.59. The normalized spacial score (nSPS) is 20.4. The summed E-state index contributed by atoms with van der Waals surface area (Å²) in [5.41, 5.74) is 0.0883. The van der Waals surface area contributed by atoms with Crippen LogP contribution < -0.4 is 14.9 Å². The van der Waals surface area contributed by atoms with E-state index < -0.39 is 7.12 Å². The highest BCUT2D eigenvalue weighted by atomic mass is 16.7. The number of rotatable bonds is 3. The standard InChI is InChI=1S/C13H20BNO4/c1-12(2)13(3,4)19-14(18-12)9-7-10(16-5)15-11(8-9)17-6/h7-8H,1-6H3. The summed E-state index contributed by atoms with van der Waals surface area (Å²) in [7, 11) is 2.68. The van der Waals surface area contributed by atoms with Crippen molar-refractivity contribution in [2.24, 2.45) is 0 Å². The summed E-state index contributed by atoms with van der Waals surface area (Å²) in [6.45, 7) is 8.07. The first-order valence-electron chi connectivity index (χ1n) is 6.24. The molecule has 0 bridgehead atoms. The van der Waals surface area contributed by atoms with Gasteiger partial charge in [0.05, 0.1) is 25.4 Å². The highest BCUT2D eigenvalue weighted by Crippen LogP contribution is 2.36. The number of nitrogens with zero attached hydrogens (tertiary/aromatic N) is 1. The molecule has 0 spiro atoms. The molecule has 1 aliphatic rings. The summed E-state index contributed by atoms with van der Waals surface area (Å²) in [6.07, 6.45) is 0. The molecule has 1 aromatic heterocycles. The SMILES string of the molecule is COc1cc(B2OC(C)(C)C(C)(C)O2)cc(OC)n1. The zero-order valence-electron chi connectivity index (χ0n) is 12.3. The lowest BCUT2D eigenvalue weighted by atomic mass is 9.79. The van der Waals surface area contributed by atoms with Gasteiger partial charge in [0.25, 0.3) is 0 Å². The molecule has 0 radical (unpaired) electrons. The Balaban J connectivity index is 2.33. The predicted molar refractivity (Wildman–Crippen MR) is 73.1 cm³/mol. The average molecular weight is 265 g/mol. The molecule has 19 heavy (non-hydrogen) atoms. The van der Waals surface area contributed by atoms with Crippen LogP contribution in [-0.4, -0.2) is 37.5 Å². The number of ether oxygens (including phenoxy) is 2. The van der Waals surface area contributed by atoms with Crippen LogP contribution in [0.5, 0.6) is 11.8 Å². The van der Waals surface area contributed by atoms with Gasteiger partial charge in [0.1, 0.15) is 0 Å². The fraction of sp³-hybridized carbons (Fsp3) is 0.615. The molecule has 0 amide bonds. The van der Waals surface area contributed by atoms with Gasteiger partial charge >= 0.3 is 7.12 Å². The molecule has 1 aliphatic heterocycles. The van der Waals surface area contributed by atoms with Gasteiger partial charge in [-0.05, 0) is 33.2 Å². The van der Waals surface area contributed by atoms with E-state index in [2.05, 4.69) is 4.98 Å². The van der Waals surface area contributed by atoms with E-state index in [-0.39, 0.29) is 11.2 Å². The lowest BCUT2D eigenvalue weighted by molar-refractivity contribution is 0.00578. The largest absolute Gasteiger partial charge is 0.495 e. The van der Waals surface area contributed by atoms with Crippen LogP contribution in [0.4, 0.5) is 0 Å². The maximum Gasteiger partial charge on any atom is 0.495 e. The van der Waals surface area contributed by atoms with Gasteiger partial charge in [-0.1, -0.05) is 0 Å². The maximum absolute atomic E-state index is 5.99. The van der Waals surface area contributed by atoms with E-state index in [0.29, 0.717) is 11.8 Å². The minimum absolute atomic E-state index is 0.374. The van der Waals surface area contributed by atoms with E-state index in [1.807, 2.05) is 27.7 Å². The summed E-state index contributed by atoms with van der Waals surface area (Å²) >= 11 is 0. The van der Waals surface area contributed by atoms with Gasteiger partial charge in [0.15, 0.2) is 0 Å². The van der Waals surface area contributed by atoms with E-state index in [1.54, 1.807) is 26.4 Å². The third kappa shape index (κ3) is 2.55. The maximum atomic E-state index is 5.99. The molecule has 2 rings (SSSR count). The Bertz CT molecular complexity index is 437. The molecule has 0 saturated carbocycles. The van der Waals surface area contributed by atoms with Crippen molar-refractivity contribution in [1.82, 2.24) is 4.98 Å². The fourth-order valence-corrected chi connectivity index (χ4v) is 1.82. The van der Waals surface area contributed by atoms with Gasteiger partial charge in [-0.15, -0.1) is 0 Å². The van der Waals surface area contributed by atoms with Gasteiger partial charge in [-0.2, -0.15) is 4.98 Å². The van der Waals surface area contributed by atoms with Crippen LogP contribution in [-0.2, 0) is 9.31 Å². The summed E-state index contributed by atoms with van der Waals surface area (Å²) in [4.78, 5) is 4.16. The second-order valence-electron chi connectivity index (χ2n) is 5.57. The number of pyridine rings is 1. The molecule has 0 aliphatic carbocycles. The van der Waals surface area contributed by atoms with Gasteiger partial charge in [-0.3, -0.25) is 0 Å². The van der Waals surface area contributed by atoms with Crippen molar-refractivity contribution in [1.29, 1.82) is 0 Å². The molecule has 0 aromatic carbocycles. The molecular weight excluding hydrogens is 245 g/mol. The summed E-state index contributed by atoms with van der Waals surface area (Å²) < 4.78 is 22.3. The molecule has 0 atom stereocenters. The van der Waals surface area contributed by atoms with E-state index in [4.69, 9.17) is 18.8 Å². The first kappa shape index (κ1) is 14.2. The quantitative estimate of drug-likeness (QED) is 0.773. The highest BCUT2D eigenvalue weighted by Gasteiger charge is 2.51. The van der Waals surface area contributed by atoms with Gasteiger partial charge < -0.3 is 18.8 Å². The fourth-order valence-electron chi connectivity index (χ4n) is 1.82. The second-order valence-corrected chi connectivity index (χ2v) is 5.57. The molecule has 1 fully saturated rings.